The summed E-state index contributed by atoms with van der Waals surface area (Å²) in [4.78, 5) is 25.8. The smallest absolute Gasteiger partial charge is 0.491 e. The number of phenols is 1. The van der Waals surface area contributed by atoms with E-state index in [1.54, 1.807) is 18.2 Å². The van der Waals surface area contributed by atoms with Crippen LogP contribution in [0.2, 0.25) is 5.02 Å². The number of fused-ring (bicyclic) bond motifs is 1. The number of hydrogen-bond donors (Lipinski definition) is 3. The number of carbonyl (C=O) groups is 1. The van der Waals surface area contributed by atoms with Gasteiger partial charge in [-0.25, -0.2) is 9.59 Å². The van der Waals surface area contributed by atoms with E-state index in [1.165, 1.54) is 0 Å². The predicted octanol–water partition coefficient (Wildman–Crippen LogP) is 2.60. The topological polar surface area (TPSA) is 110 Å². The van der Waals surface area contributed by atoms with E-state index in [-0.39, 0.29) is 12.2 Å². The maximum absolute atomic E-state index is 12.3. The molecule has 3 rings (SSSR count). The van der Waals surface area contributed by atoms with E-state index in [9.17, 15) is 27.9 Å². The minimum atomic E-state index is -5.23. The maximum Gasteiger partial charge on any atom is 0.491 e. The highest BCUT2D eigenvalue weighted by atomic mass is 35.5. The van der Waals surface area contributed by atoms with Crippen LogP contribution < -0.4 is 16.2 Å². The van der Waals surface area contributed by atoms with Crippen molar-refractivity contribution < 1.29 is 27.8 Å². The van der Waals surface area contributed by atoms with Crippen molar-refractivity contribution in [3.05, 3.63) is 51.4 Å². The summed E-state index contributed by atoms with van der Waals surface area (Å²) >= 11 is 5.87. The number of phenolic OH excluding ortho intramolecular Hbond substituents is 1. The van der Waals surface area contributed by atoms with Crippen molar-refractivity contribution >= 4 is 28.6 Å². The maximum atomic E-state index is 12.3. The molecular weight excluding hydrogens is 391 g/mol. The number of nitrogens with two attached hydrogens (primary N) is 1. The number of H-pyrrole nitrogens is 1. The van der Waals surface area contributed by atoms with Crippen LogP contribution >= 0.6 is 11.6 Å². The number of ether oxygens (including phenoxy) is 1. The average molecular weight is 402 g/mol. The zero-order valence-corrected chi connectivity index (χ0v) is 14.1. The van der Waals surface area contributed by atoms with Crippen LogP contribution in [0.15, 0.2) is 35.1 Å². The number of aromatic nitrogens is 2. The molecule has 27 heavy (non-hydrogen) atoms. The van der Waals surface area contributed by atoms with Crippen molar-refractivity contribution in [2.45, 2.75) is 12.7 Å². The SMILES string of the molecule is NCc1ccc2c(c1)[nH]c(=O)n2-c1cc(Cl)c(OC(=O)C(F)(F)F)cc1O. The van der Waals surface area contributed by atoms with Gasteiger partial charge >= 0.3 is 17.8 Å². The van der Waals surface area contributed by atoms with Gasteiger partial charge in [0.15, 0.2) is 5.75 Å². The molecule has 142 valence electrons. The molecule has 1 heterocycles. The molecule has 0 aliphatic rings. The van der Waals surface area contributed by atoms with Gasteiger partial charge in [0.25, 0.3) is 0 Å². The molecule has 7 nitrogen and oxygen atoms in total. The number of esters is 1. The second-order valence-corrected chi connectivity index (χ2v) is 5.89. The number of nitrogens with zero attached hydrogens (tertiary/aromatic N) is 1. The van der Waals surface area contributed by atoms with Gasteiger partial charge in [0.2, 0.25) is 0 Å². The standard InChI is InChI=1S/C16H11ClF3N3O4/c17-8-4-11(12(24)5-13(8)27-14(25)16(18,19)20)23-10-2-1-7(6-21)3-9(10)22-15(23)26/h1-5,24H,6,21H2,(H,22,26). The Morgan fingerprint density at radius 3 is 2.63 bits per heavy atom. The summed E-state index contributed by atoms with van der Waals surface area (Å²) in [6.07, 6.45) is -5.23. The summed E-state index contributed by atoms with van der Waals surface area (Å²) in [6.45, 7) is 0.250. The number of halogens is 4. The molecule has 0 bridgehead atoms. The lowest BCUT2D eigenvalue weighted by molar-refractivity contribution is -0.189. The fourth-order valence-electron chi connectivity index (χ4n) is 2.47. The quantitative estimate of drug-likeness (QED) is 0.461. The van der Waals surface area contributed by atoms with E-state index >= 15 is 0 Å². The third-order valence-electron chi connectivity index (χ3n) is 3.69. The van der Waals surface area contributed by atoms with Crippen LogP contribution in [0.3, 0.4) is 0 Å². The number of aromatic hydroxyl groups is 1. The molecule has 0 radical (unpaired) electrons. The van der Waals surface area contributed by atoms with Crippen LogP contribution in [-0.2, 0) is 11.3 Å². The van der Waals surface area contributed by atoms with E-state index in [4.69, 9.17) is 17.3 Å². The van der Waals surface area contributed by atoms with Crippen LogP contribution in [-0.4, -0.2) is 26.8 Å². The highest BCUT2D eigenvalue weighted by Gasteiger charge is 2.41. The number of carbonyl (C=O) groups excluding carboxylic acids is 1. The molecule has 0 spiro atoms. The number of rotatable bonds is 3. The summed E-state index contributed by atoms with van der Waals surface area (Å²) in [6, 6.07) is 6.64. The van der Waals surface area contributed by atoms with Gasteiger partial charge in [0.05, 0.1) is 21.7 Å². The second-order valence-electron chi connectivity index (χ2n) is 5.48. The molecule has 2 aromatic carbocycles. The number of aromatic amines is 1. The summed E-state index contributed by atoms with van der Waals surface area (Å²) < 4.78 is 42.2. The molecule has 1 aromatic heterocycles. The van der Waals surface area contributed by atoms with Crippen LogP contribution in [0, 0.1) is 0 Å². The highest BCUT2D eigenvalue weighted by molar-refractivity contribution is 6.32. The lowest BCUT2D eigenvalue weighted by atomic mass is 10.2. The van der Waals surface area contributed by atoms with Gasteiger partial charge < -0.3 is 20.6 Å². The van der Waals surface area contributed by atoms with Crippen LogP contribution in [0.5, 0.6) is 11.5 Å². The summed E-state index contributed by atoms with van der Waals surface area (Å²) in [7, 11) is 0. The Hall–Kier alpha value is -2.98. The first-order valence-corrected chi connectivity index (χ1v) is 7.75. The van der Waals surface area contributed by atoms with Crippen molar-refractivity contribution in [3.8, 4) is 17.2 Å². The summed E-state index contributed by atoms with van der Waals surface area (Å²) in [5.41, 5.74) is 6.39. The molecular formula is C16H11ClF3N3O4. The molecule has 0 aliphatic heterocycles. The Labute approximate surface area is 153 Å². The highest BCUT2D eigenvalue weighted by Crippen LogP contribution is 2.36. The normalized spacial score (nSPS) is 11.7. The van der Waals surface area contributed by atoms with Crippen molar-refractivity contribution in [1.82, 2.24) is 9.55 Å². The Bertz CT molecular complexity index is 1100. The zero-order valence-electron chi connectivity index (χ0n) is 13.3. The minimum Gasteiger partial charge on any atom is -0.506 e. The van der Waals surface area contributed by atoms with E-state index < -0.39 is 34.4 Å². The number of alkyl halides is 3. The van der Waals surface area contributed by atoms with Crippen molar-refractivity contribution in [3.63, 3.8) is 0 Å². The van der Waals surface area contributed by atoms with Crippen molar-refractivity contribution in [2.24, 2.45) is 5.73 Å². The number of benzene rings is 2. The van der Waals surface area contributed by atoms with Crippen LogP contribution in [0.25, 0.3) is 16.7 Å². The largest absolute Gasteiger partial charge is 0.506 e. The predicted molar refractivity (Wildman–Crippen MR) is 90.2 cm³/mol. The Balaban J connectivity index is 2.10. The molecule has 0 amide bonds. The number of nitrogens with one attached hydrogen (secondary N) is 1. The van der Waals surface area contributed by atoms with E-state index in [0.29, 0.717) is 11.0 Å². The van der Waals surface area contributed by atoms with Gasteiger partial charge in [-0.2, -0.15) is 13.2 Å². The lowest BCUT2D eigenvalue weighted by Gasteiger charge is -2.12. The third kappa shape index (κ3) is 3.49. The Kier molecular flexibility index (Phi) is 4.62. The molecule has 0 saturated heterocycles. The zero-order chi connectivity index (χ0) is 19.9. The van der Waals surface area contributed by atoms with Crippen molar-refractivity contribution in [1.29, 1.82) is 0 Å². The van der Waals surface area contributed by atoms with E-state index in [2.05, 4.69) is 9.72 Å². The number of imidazole rings is 1. The molecule has 3 aromatic rings. The first-order chi connectivity index (χ1) is 12.6. The van der Waals surface area contributed by atoms with Gasteiger partial charge in [-0.1, -0.05) is 17.7 Å². The fraction of sp³-hybridized carbons (Fsp3) is 0.125. The number of hydrogen-bond acceptors (Lipinski definition) is 5. The fourth-order valence-corrected chi connectivity index (χ4v) is 2.67. The van der Waals surface area contributed by atoms with Gasteiger partial charge in [0.1, 0.15) is 5.75 Å². The van der Waals surface area contributed by atoms with Gasteiger partial charge in [0, 0.05) is 12.6 Å². The average Bonchev–Trinajstić information content (AvgIpc) is 2.91. The van der Waals surface area contributed by atoms with Crippen LogP contribution in [0.4, 0.5) is 13.2 Å². The molecule has 0 saturated carbocycles. The monoisotopic (exact) mass is 401 g/mol. The van der Waals surface area contributed by atoms with Gasteiger partial charge in [-0.3, -0.25) is 4.57 Å². The summed E-state index contributed by atoms with van der Waals surface area (Å²) in [5, 5.41) is 9.76. The van der Waals surface area contributed by atoms with E-state index in [0.717, 1.165) is 22.3 Å². The Morgan fingerprint density at radius 2 is 2.00 bits per heavy atom. The van der Waals surface area contributed by atoms with E-state index in [1.807, 2.05) is 0 Å². The molecule has 11 heteroatoms. The molecule has 0 unspecified atom stereocenters. The lowest BCUT2D eigenvalue weighted by Crippen LogP contribution is -2.28. The minimum absolute atomic E-state index is 0.108. The first-order valence-electron chi connectivity index (χ1n) is 7.37. The second kappa shape index (κ2) is 6.63. The third-order valence-corrected chi connectivity index (χ3v) is 3.98. The van der Waals surface area contributed by atoms with Gasteiger partial charge in [-0.05, 0) is 23.8 Å². The summed E-state index contributed by atoms with van der Waals surface area (Å²) in [5.74, 6) is -3.80. The molecule has 0 atom stereocenters. The van der Waals surface area contributed by atoms with Crippen LogP contribution in [0.1, 0.15) is 5.56 Å². The van der Waals surface area contributed by atoms with Gasteiger partial charge in [-0.15, -0.1) is 0 Å². The van der Waals surface area contributed by atoms with Crippen molar-refractivity contribution in [2.75, 3.05) is 0 Å². The Morgan fingerprint density at radius 1 is 1.30 bits per heavy atom. The molecule has 0 fully saturated rings. The first kappa shape index (κ1) is 18.8. The molecule has 4 N–H and O–H groups in total. The molecule has 0 aliphatic carbocycles.